The first-order valence-corrected chi connectivity index (χ1v) is 9.39. The molecule has 2 aromatic rings. The first-order chi connectivity index (χ1) is 13.0. The number of ketones is 2. The third-order valence-electron chi connectivity index (χ3n) is 4.69. The van der Waals surface area contributed by atoms with Crippen molar-refractivity contribution in [3.05, 3.63) is 51.4 Å². The first kappa shape index (κ1) is 19.4. The van der Waals surface area contributed by atoms with E-state index in [0.717, 1.165) is 36.8 Å². The maximum atomic E-state index is 12.2. The average Bonchev–Trinajstić information content (AvgIpc) is 2.68. The molecule has 2 aromatic heterocycles. The largest absolute Gasteiger partial charge is 0.372 e. The molecule has 0 amide bonds. The van der Waals surface area contributed by atoms with Crippen LogP contribution in [-0.2, 0) is 19.5 Å². The Morgan fingerprint density at radius 3 is 2.26 bits per heavy atom. The van der Waals surface area contributed by atoms with Gasteiger partial charge in [0, 0.05) is 19.9 Å². The Kier molecular flexibility index (Phi) is 6.16. The normalized spacial score (nSPS) is 15.4. The number of aromatic nitrogens is 2. The van der Waals surface area contributed by atoms with Gasteiger partial charge in [0.1, 0.15) is 23.9 Å². The Balaban J connectivity index is 0.000000156. The van der Waals surface area contributed by atoms with Gasteiger partial charge in [-0.2, -0.15) is 0 Å². The smallest absolute Gasteiger partial charge is 0.181 e. The number of fused-ring (bicyclic) bond motifs is 2. The number of nitrogens with one attached hydrogen (secondary N) is 1. The zero-order chi connectivity index (χ0) is 19.4. The molecule has 0 spiro atoms. The Labute approximate surface area is 162 Å². The van der Waals surface area contributed by atoms with Crippen LogP contribution in [0.5, 0.6) is 0 Å². The SMILES string of the molecule is CNc1nc2c(cc1Cl)CCCC2=O.O=C1CCCc2ccc(CF)nc21. The number of carbonyl (C=O) groups is 2. The molecule has 5 nitrogen and oxygen atoms in total. The second-order valence-electron chi connectivity index (χ2n) is 6.57. The molecule has 142 valence electrons. The Hall–Kier alpha value is -2.34. The summed E-state index contributed by atoms with van der Waals surface area (Å²) in [6.07, 6.45) is 4.74. The quantitative estimate of drug-likeness (QED) is 0.825. The third-order valence-corrected chi connectivity index (χ3v) is 4.98. The van der Waals surface area contributed by atoms with Gasteiger partial charge in [0.25, 0.3) is 0 Å². The highest BCUT2D eigenvalue weighted by Crippen LogP contribution is 2.27. The van der Waals surface area contributed by atoms with Gasteiger partial charge in [0.2, 0.25) is 0 Å². The maximum absolute atomic E-state index is 12.2. The summed E-state index contributed by atoms with van der Waals surface area (Å²) in [7, 11) is 1.74. The first-order valence-electron chi connectivity index (χ1n) is 9.01. The molecule has 0 bridgehead atoms. The van der Waals surface area contributed by atoms with Gasteiger partial charge in [-0.3, -0.25) is 9.59 Å². The van der Waals surface area contributed by atoms with Crippen LogP contribution in [0.25, 0.3) is 0 Å². The lowest BCUT2D eigenvalue weighted by Crippen LogP contribution is -2.14. The molecule has 0 unspecified atom stereocenters. The van der Waals surface area contributed by atoms with Gasteiger partial charge < -0.3 is 5.32 Å². The number of hydrogen-bond acceptors (Lipinski definition) is 5. The standard InChI is InChI=1S/C10H11ClN2O.C10H10FNO/c1-12-10-7(11)5-6-3-2-4-8(14)9(6)13-10;11-6-8-5-4-7-2-1-3-9(13)10(7)12-8/h5H,2-4H2,1H3,(H,12,13);4-5H,1-3,6H2. The van der Waals surface area contributed by atoms with E-state index in [1.165, 1.54) is 0 Å². The lowest BCUT2D eigenvalue weighted by atomic mass is 9.95. The summed E-state index contributed by atoms with van der Waals surface area (Å²) < 4.78 is 12.2. The fraction of sp³-hybridized carbons (Fsp3) is 0.400. The minimum atomic E-state index is -0.597. The second-order valence-corrected chi connectivity index (χ2v) is 6.98. The summed E-state index contributed by atoms with van der Waals surface area (Å²) in [6, 6.07) is 5.30. The molecule has 7 heteroatoms. The van der Waals surface area contributed by atoms with Crippen LogP contribution in [0.1, 0.15) is 63.5 Å². The van der Waals surface area contributed by atoms with Crippen LogP contribution in [0.3, 0.4) is 0 Å². The van der Waals surface area contributed by atoms with E-state index in [-0.39, 0.29) is 11.6 Å². The van der Waals surface area contributed by atoms with Gasteiger partial charge in [-0.05, 0) is 48.9 Å². The van der Waals surface area contributed by atoms with Crippen molar-refractivity contribution >= 4 is 29.0 Å². The number of pyridine rings is 2. The molecule has 4 rings (SSSR count). The zero-order valence-corrected chi connectivity index (χ0v) is 15.9. The van der Waals surface area contributed by atoms with Gasteiger partial charge in [-0.25, -0.2) is 14.4 Å². The minimum absolute atomic E-state index is 0.0524. The Bertz CT molecular complexity index is 886. The third kappa shape index (κ3) is 4.33. The van der Waals surface area contributed by atoms with Gasteiger partial charge >= 0.3 is 0 Å². The van der Waals surface area contributed by atoms with E-state index >= 15 is 0 Å². The van der Waals surface area contributed by atoms with E-state index in [0.29, 0.717) is 40.8 Å². The minimum Gasteiger partial charge on any atom is -0.372 e. The number of aryl methyl sites for hydroxylation is 2. The number of Topliss-reactive ketones (excluding diaryl/α,β-unsaturated/α-hetero) is 2. The highest BCUT2D eigenvalue weighted by molar-refractivity contribution is 6.33. The molecule has 0 saturated carbocycles. The molecule has 27 heavy (non-hydrogen) atoms. The topological polar surface area (TPSA) is 72.0 Å². The van der Waals surface area contributed by atoms with Crippen molar-refractivity contribution in [2.24, 2.45) is 0 Å². The van der Waals surface area contributed by atoms with Crippen LogP contribution in [0.2, 0.25) is 5.02 Å². The van der Waals surface area contributed by atoms with Crippen LogP contribution >= 0.6 is 11.6 Å². The zero-order valence-electron chi connectivity index (χ0n) is 15.1. The van der Waals surface area contributed by atoms with E-state index in [4.69, 9.17) is 11.6 Å². The summed E-state index contributed by atoms with van der Waals surface area (Å²) in [4.78, 5) is 31.1. The van der Waals surface area contributed by atoms with Crippen LogP contribution in [0.15, 0.2) is 18.2 Å². The lowest BCUT2D eigenvalue weighted by Gasteiger charge is -2.15. The van der Waals surface area contributed by atoms with Crippen molar-refractivity contribution in [3.63, 3.8) is 0 Å². The molecule has 0 atom stereocenters. The second kappa shape index (κ2) is 8.57. The maximum Gasteiger partial charge on any atom is 0.181 e. The van der Waals surface area contributed by atoms with E-state index in [1.54, 1.807) is 13.1 Å². The number of anilines is 1. The van der Waals surface area contributed by atoms with Crippen molar-refractivity contribution in [2.45, 2.75) is 45.2 Å². The van der Waals surface area contributed by atoms with Gasteiger partial charge in [-0.15, -0.1) is 0 Å². The molecule has 0 radical (unpaired) electrons. The highest BCUT2D eigenvalue weighted by Gasteiger charge is 2.20. The van der Waals surface area contributed by atoms with Crippen molar-refractivity contribution < 1.29 is 14.0 Å². The molecule has 0 saturated heterocycles. The average molecular weight is 390 g/mol. The molecular formula is C20H21ClFN3O2. The molecule has 2 aliphatic rings. The number of hydrogen-bond donors (Lipinski definition) is 1. The fourth-order valence-corrected chi connectivity index (χ4v) is 3.56. The van der Waals surface area contributed by atoms with E-state index in [2.05, 4.69) is 15.3 Å². The van der Waals surface area contributed by atoms with E-state index < -0.39 is 6.67 Å². The van der Waals surface area contributed by atoms with Crippen molar-refractivity contribution in [3.8, 4) is 0 Å². The fourth-order valence-electron chi connectivity index (χ4n) is 3.30. The molecule has 0 aliphatic heterocycles. The Morgan fingerprint density at radius 1 is 1.00 bits per heavy atom. The molecule has 2 heterocycles. The molecule has 0 aromatic carbocycles. The Morgan fingerprint density at radius 2 is 1.63 bits per heavy atom. The lowest BCUT2D eigenvalue weighted by molar-refractivity contribution is 0.0959. The van der Waals surface area contributed by atoms with Crippen LogP contribution in [0, 0.1) is 0 Å². The van der Waals surface area contributed by atoms with Gasteiger partial charge in [-0.1, -0.05) is 17.7 Å². The number of carbonyl (C=O) groups excluding carboxylic acids is 2. The molecule has 1 N–H and O–H groups in total. The van der Waals surface area contributed by atoms with Crippen molar-refractivity contribution in [1.82, 2.24) is 9.97 Å². The van der Waals surface area contributed by atoms with Crippen LogP contribution in [-0.4, -0.2) is 28.6 Å². The van der Waals surface area contributed by atoms with Crippen molar-refractivity contribution in [2.75, 3.05) is 12.4 Å². The van der Waals surface area contributed by atoms with Crippen molar-refractivity contribution in [1.29, 1.82) is 0 Å². The number of halogens is 2. The van der Waals surface area contributed by atoms with E-state index in [9.17, 15) is 14.0 Å². The predicted molar refractivity (Wildman–Crippen MR) is 102 cm³/mol. The monoisotopic (exact) mass is 389 g/mol. The van der Waals surface area contributed by atoms with Gasteiger partial charge in [0.05, 0.1) is 10.7 Å². The molecular weight excluding hydrogens is 369 g/mol. The summed E-state index contributed by atoms with van der Waals surface area (Å²) >= 11 is 5.97. The number of alkyl halides is 1. The van der Waals surface area contributed by atoms with E-state index in [1.807, 2.05) is 12.1 Å². The van der Waals surface area contributed by atoms with Gasteiger partial charge in [0.15, 0.2) is 11.6 Å². The molecule has 2 aliphatic carbocycles. The number of nitrogens with zero attached hydrogens (tertiary/aromatic N) is 2. The molecule has 0 fully saturated rings. The summed E-state index contributed by atoms with van der Waals surface area (Å²) in [5.41, 5.74) is 3.37. The summed E-state index contributed by atoms with van der Waals surface area (Å²) in [5, 5.41) is 3.45. The summed E-state index contributed by atoms with van der Waals surface area (Å²) in [5.74, 6) is 0.761. The van der Waals surface area contributed by atoms with Crippen LogP contribution in [0.4, 0.5) is 10.2 Å². The summed E-state index contributed by atoms with van der Waals surface area (Å²) in [6.45, 7) is -0.597. The highest BCUT2D eigenvalue weighted by atomic mass is 35.5. The van der Waals surface area contributed by atoms with Crippen LogP contribution < -0.4 is 5.32 Å². The number of rotatable bonds is 2. The predicted octanol–water partition coefficient (Wildman–Crippen LogP) is 4.37.